The quantitative estimate of drug-likeness (QED) is 0.836. The molecule has 0 aromatic heterocycles. The first kappa shape index (κ1) is 15.4. The largest absolute Gasteiger partial charge is 0.506 e. The van der Waals surface area contributed by atoms with Gasteiger partial charge in [0.1, 0.15) is 11.8 Å². The van der Waals surface area contributed by atoms with Crippen LogP contribution in [0.5, 0.6) is 5.75 Å². The third kappa shape index (κ3) is 3.39. The minimum absolute atomic E-state index is 0.0140. The molecular weight excluding hydrogens is 335 g/mol. The van der Waals surface area contributed by atoms with Gasteiger partial charge in [-0.05, 0) is 30.3 Å². The van der Waals surface area contributed by atoms with Crippen LogP contribution in [0.2, 0.25) is 10.0 Å². The molecule has 0 amide bonds. The minimum atomic E-state index is -3.94. The van der Waals surface area contributed by atoms with Crippen molar-refractivity contribution in [2.24, 2.45) is 0 Å². The SMILES string of the molecule is N#Cc1ccc(S(=O)(=O)Nc2ccc(Cl)cc2O)cc1Cl. The van der Waals surface area contributed by atoms with Crippen LogP contribution in [0.15, 0.2) is 41.3 Å². The lowest BCUT2D eigenvalue weighted by atomic mass is 10.2. The van der Waals surface area contributed by atoms with Gasteiger partial charge in [-0.3, -0.25) is 4.72 Å². The van der Waals surface area contributed by atoms with E-state index in [-0.39, 0.29) is 31.9 Å². The maximum atomic E-state index is 12.2. The number of nitrogens with one attached hydrogen (secondary N) is 1. The fraction of sp³-hybridized carbons (Fsp3) is 0. The molecule has 2 aromatic rings. The van der Waals surface area contributed by atoms with Gasteiger partial charge in [0, 0.05) is 11.1 Å². The van der Waals surface area contributed by atoms with Gasteiger partial charge in [0.05, 0.1) is 21.2 Å². The number of nitriles is 1. The number of phenolic OH excluding ortho intramolecular Hbond substituents is 1. The van der Waals surface area contributed by atoms with E-state index in [1.165, 1.54) is 30.3 Å². The second-order valence-electron chi connectivity index (χ2n) is 4.02. The first-order valence-corrected chi connectivity index (χ1v) is 7.78. The Kier molecular flexibility index (Phi) is 4.28. The summed E-state index contributed by atoms with van der Waals surface area (Å²) in [5.74, 6) is -0.300. The fourth-order valence-electron chi connectivity index (χ4n) is 1.55. The summed E-state index contributed by atoms with van der Waals surface area (Å²) in [5.41, 5.74) is 0.157. The molecule has 21 heavy (non-hydrogen) atoms. The van der Waals surface area contributed by atoms with Gasteiger partial charge < -0.3 is 5.11 Å². The summed E-state index contributed by atoms with van der Waals surface area (Å²) >= 11 is 11.5. The summed E-state index contributed by atoms with van der Waals surface area (Å²) in [4.78, 5) is -0.124. The summed E-state index contributed by atoms with van der Waals surface area (Å²) in [7, 11) is -3.94. The van der Waals surface area contributed by atoms with Crippen molar-refractivity contribution in [2.45, 2.75) is 4.90 Å². The van der Waals surface area contributed by atoms with E-state index in [1.54, 1.807) is 0 Å². The van der Waals surface area contributed by atoms with Crippen molar-refractivity contribution in [3.63, 3.8) is 0 Å². The molecule has 8 heteroatoms. The first-order chi connectivity index (χ1) is 9.83. The maximum absolute atomic E-state index is 12.2. The lowest BCUT2D eigenvalue weighted by Crippen LogP contribution is -2.13. The molecule has 0 bridgehead atoms. The number of halogens is 2. The molecule has 0 saturated heterocycles. The van der Waals surface area contributed by atoms with Gasteiger partial charge in [0.2, 0.25) is 0 Å². The minimum Gasteiger partial charge on any atom is -0.506 e. The summed E-state index contributed by atoms with van der Waals surface area (Å²) in [6, 6.07) is 9.54. The molecule has 0 atom stereocenters. The number of hydrogen-bond acceptors (Lipinski definition) is 4. The molecule has 2 aromatic carbocycles. The lowest BCUT2D eigenvalue weighted by Gasteiger charge is -2.10. The van der Waals surface area contributed by atoms with Crippen molar-refractivity contribution in [3.05, 3.63) is 52.0 Å². The molecule has 0 unspecified atom stereocenters. The maximum Gasteiger partial charge on any atom is 0.262 e. The van der Waals surface area contributed by atoms with Gasteiger partial charge in [-0.25, -0.2) is 8.42 Å². The molecule has 0 aliphatic rings. The number of nitrogens with zero attached hydrogens (tertiary/aromatic N) is 1. The third-order valence-electron chi connectivity index (χ3n) is 2.58. The molecule has 0 radical (unpaired) electrons. The van der Waals surface area contributed by atoms with Crippen LogP contribution in [0.4, 0.5) is 5.69 Å². The van der Waals surface area contributed by atoms with Crippen LogP contribution in [0.1, 0.15) is 5.56 Å². The average molecular weight is 343 g/mol. The molecule has 0 fully saturated rings. The van der Waals surface area contributed by atoms with Crippen molar-refractivity contribution in [1.29, 1.82) is 5.26 Å². The Morgan fingerprint density at radius 3 is 2.43 bits per heavy atom. The first-order valence-electron chi connectivity index (χ1n) is 5.54. The van der Waals surface area contributed by atoms with Crippen LogP contribution in [0.3, 0.4) is 0 Å². The lowest BCUT2D eigenvalue weighted by molar-refractivity contribution is 0.477. The van der Waals surface area contributed by atoms with Gasteiger partial charge in [-0.15, -0.1) is 0 Å². The van der Waals surface area contributed by atoms with E-state index in [0.29, 0.717) is 0 Å². The molecule has 2 rings (SSSR count). The molecule has 0 spiro atoms. The number of rotatable bonds is 3. The van der Waals surface area contributed by atoms with Crippen LogP contribution in [0, 0.1) is 11.3 Å². The Morgan fingerprint density at radius 1 is 1.14 bits per heavy atom. The van der Waals surface area contributed by atoms with Gasteiger partial charge in [-0.2, -0.15) is 5.26 Å². The fourth-order valence-corrected chi connectivity index (χ4v) is 3.10. The standard InChI is InChI=1S/C13H8Cl2N2O3S/c14-9-2-4-12(13(18)5-9)17-21(19,20)10-3-1-8(7-16)11(15)6-10/h1-6,17-18H. The summed E-state index contributed by atoms with van der Waals surface area (Å²) in [6.45, 7) is 0. The monoisotopic (exact) mass is 342 g/mol. The molecule has 0 saturated carbocycles. The molecule has 108 valence electrons. The summed E-state index contributed by atoms with van der Waals surface area (Å²) in [6.07, 6.45) is 0. The highest BCUT2D eigenvalue weighted by Gasteiger charge is 2.17. The van der Waals surface area contributed by atoms with E-state index in [2.05, 4.69) is 4.72 Å². The zero-order valence-electron chi connectivity index (χ0n) is 10.3. The van der Waals surface area contributed by atoms with Crippen molar-refractivity contribution in [2.75, 3.05) is 4.72 Å². The van der Waals surface area contributed by atoms with Crippen LogP contribution < -0.4 is 4.72 Å². The topological polar surface area (TPSA) is 90.2 Å². The number of aromatic hydroxyl groups is 1. The molecule has 5 nitrogen and oxygen atoms in total. The third-order valence-corrected chi connectivity index (χ3v) is 4.49. The van der Waals surface area contributed by atoms with Crippen LogP contribution in [-0.4, -0.2) is 13.5 Å². The average Bonchev–Trinajstić information content (AvgIpc) is 2.42. The van der Waals surface area contributed by atoms with E-state index in [9.17, 15) is 13.5 Å². The normalized spacial score (nSPS) is 10.9. The second kappa shape index (κ2) is 5.82. The summed E-state index contributed by atoms with van der Waals surface area (Å²) < 4.78 is 26.6. The Hall–Kier alpha value is -1.94. The second-order valence-corrected chi connectivity index (χ2v) is 6.55. The van der Waals surface area contributed by atoms with E-state index in [1.807, 2.05) is 6.07 Å². The van der Waals surface area contributed by atoms with E-state index in [0.717, 1.165) is 6.07 Å². The highest BCUT2D eigenvalue weighted by Crippen LogP contribution is 2.29. The zero-order chi connectivity index (χ0) is 15.6. The summed E-state index contributed by atoms with van der Waals surface area (Å²) in [5, 5.41) is 18.7. The van der Waals surface area contributed by atoms with E-state index >= 15 is 0 Å². The van der Waals surface area contributed by atoms with Crippen LogP contribution in [0.25, 0.3) is 0 Å². The van der Waals surface area contributed by atoms with Gasteiger partial charge >= 0.3 is 0 Å². The molecule has 0 aliphatic heterocycles. The van der Waals surface area contributed by atoms with Crippen molar-refractivity contribution in [3.8, 4) is 11.8 Å². The van der Waals surface area contributed by atoms with Crippen LogP contribution in [-0.2, 0) is 10.0 Å². The van der Waals surface area contributed by atoms with Crippen molar-refractivity contribution in [1.82, 2.24) is 0 Å². The van der Waals surface area contributed by atoms with Crippen molar-refractivity contribution < 1.29 is 13.5 Å². The van der Waals surface area contributed by atoms with Gasteiger partial charge in [0.15, 0.2) is 0 Å². The zero-order valence-corrected chi connectivity index (χ0v) is 12.7. The predicted molar refractivity (Wildman–Crippen MR) is 80.1 cm³/mol. The highest BCUT2D eigenvalue weighted by molar-refractivity contribution is 7.92. The predicted octanol–water partition coefficient (Wildman–Crippen LogP) is 3.37. The van der Waals surface area contributed by atoms with E-state index in [4.69, 9.17) is 28.5 Å². The molecular formula is C13H8Cl2N2O3S. The Labute approximate surface area is 131 Å². The van der Waals surface area contributed by atoms with Gasteiger partial charge in [0.25, 0.3) is 10.0 Å². The number of hydrogen-bond donors (Lipinski definition) is 2. The molecule has 2 N–H and O–H groups in total. The van der Waals surface area contributed by atoms with Crippen molar-refractivity contribution >= 4 is 38.9 Å². The molecule has 0 heterocycles. The number of phenols is 1. The smallest absolute Gasteiger partial charge is 0.262 e. The van der Waals surface area contributed by atoms with Gasteiger partial charge in [-0.1, -0.05) is 23.2 Å². The Morgan fingerprint density at radius 2 is 1.86 bits per heavy atom. The Bertz CT molecular complexity index is 845. The number of sulfonamides is 1. The Balaban J connectivity index is 2.39. The number of anilines is 1. The molecule has 0 aliphatic carbocycles. The highest BCUT2D eigenvalue weighted by atomic mass is 35.5. The number of benzene rings is 2. The van der Waals surface area contributed by atoms with E-state index < -0.39 is 10.0 Å². The van der Waals surface area contributed by atoms with Crippen LogP contribution >= 0.6 is 23.2 Å².